The van der Waals surface area contributed by atoms with Crippen LogP contribution in [0.4, 0.5) is 0 Å². The van der Waals surface area contributed by atoms with E-state index in [2.05, 4.69) is 20.4 Å². The maximum Gasteiger partial charge on any atom is 0.350 e. The number of aromatic nitrogens is 5. The monoisotopic (exact) mass is 348 g/mol. The Kier molecular flexibility index (Phi) is 4.06. The molecule has 8 nitrogen and oxygen atoms in total. The van der Waals surface area contributed by atoms with Gasteiger partial charge in [-0.25, -0.2) is 14.5 Å². The van der Waals surface area contributed by atoms with E-state index >= 15 is 0 Å². The van der Waals surface area contributed by atoms with Gasteiger partial charge in [-0.2, -0.15) is 0 Å². The van der Waals surface area contributed by atoms with E-state index in [1.807, 2.05) is 30.3 Å². The Morgan fingerprint density at radius 3 is 2.73 bits per heavy atom. The summed E-state index contributed by atoms with van der Waals surface area (Å²) in [6.07, 6.45) is 3.34. The van der Waals surface area contributed by atoms with Gasteiger partial charge in [-0.3, -0.25) is 9.20 Å². The SMILES string of the molecule is O=C(Cn1nc2ccccn2c1=O)NCc1ncc(-c2ccccc2)[nH]1. The first-order valence-corrected chi connectivity index (χ1v) is 8.11. The normalized spacial score (nSPS) is 10.9. The minimum absolute atomic E-state index is 0.146. The van der Waals surface area contributed by atoms with Gasteiger partial charge in [-0.15, -0.1) is 5.10 Å². The lowest BCUT2D eigenvalue weighted by molar-refractivity contribution is -0.122. The van der Waals surface area contributed by atoms with Crippen molar-refractivity contribution < 1.29 is 4.79 Å². The van der Waals surface area contributed by atoms with Crippen LogP contribution in [-0.2, 0) is 17.9 Å². The molecule has 0 aliphatic rings. The zero-order valence-corrected chi connectivity index (χ0v) is 13.8. The molecule has 130 valence electrons. The Hall–Kier alpha value is -3.68. The van der Waals surface area contributed by atoms with E-state index in [0.717, 1.165) is 15.9 Å². The molecule has 8 heteroatoms. The van der Waals surface area contributed by atoms with Gasteiger partial charge < -0.3 is 10.3 Å². The van der Waals surface area contributed by atoms with Crippen LogP contribution in [-0.4, -0.2) is 30.1 Å². The van der Waals surface area contributed by atoms with Crippen molar-refractivity contribution in [3.05, 3.63) is 77.2 Å². The second kappa shape index (κ2) is 6.67. The third-order valence-corrected chi connectivity index (χ3v) is 3.95. The van der Waals surface area contributed by atoms with E-state index in [1.165, 1.54) is 4.40 Å². The largest absolute Gasteiger partial charge is 0.350 e. The third kappa shape index (κ3) is 3.12. The van der Waals surface area contributed by atoms with Gasteiger partial charge in [-0.1, -0.05) is 36.4 Å². The third-order valence-electron chi connectivity index (χ3n) is 3.95. The maximum atomic E-state index is 12.2. The van der Waals surface area contributed by atoms with Crippen LogP contribution in [0.1, 0.15) is 5.82 Å². The summed E-state index contributed by atoms with van der Waals surface area (Å²) >= 11 is 0. The molecule has 0 fully saturated rings. The highest BCUT2D eigenvalue weighted by Gasteiger charge is 2.11. The summed E-state index contributed by atoms with van der Waals surface area (Å²) in [5.74, 6) is 0.327. The molecule has 0 saturated carbocycles. The van der Waals surface area contributed by atoms with Crippen molar-refractivity contribution in [2.45, 2.75) is 13.1 Å². The molecule has 0 bridgehead atoms. The number of aromatic amines is 1. The predicted molar refractivity (Wildman–Crippen MR) is 95.3 cm³/mol. The van der Waals surface area contributed by atoms with Crippen LogP contribution in [0.3, 0.4) is 0 Å². The molecule has 3 aromatic heterocycles. The molecular formula is C18H16N6O2. The Bertz CT molecular complexity index is 1110. The van der Waals surface area contributed by atoms with Crippen molar-refractivity contribution >= 4 is 11.6 Å². The first-order chi connectivity index (χ1) is 12.7. The van der Waals surface area contributed by atoms with Crippen molar-refractivity contribution in [3.63, 3.8) is 0 Å². The number of amides is 1. The number of nitrogens with zero attached hydrogens (tertiary/aromatic N) is 4. The van der Waals surface area contributed by atoms with Gasteiger partial charge >= 0.3 is 5.69 Å². The first-order valence-electron chi connectivity index (χ1n) is 8.11. The lowest BCUT2D eigenvalue weighted by Gasteiger charge is -2.02. The van der Waals surface area contributed by atoms with Crippen LogP contribution in [0, 0.1) is 0 Å². The lowest BCUT2D eigenvalue weighted by atomic mass is 10.2. The molecule has 0 aliphatic heterocycles. The smallest absolute Gasteiger partial charge is 0.347 e. The lowest BCUT2D eigenvalue weighted by Crippen LogP contribution is -2.32. The summed E-state index contributed by atoms with van der Waals surface area (Å²) in [5, 5.41) is 6.88. The minimum Gasteiger partial charge on any atom is -0.347 e. The molecule has 3 heterocycles. The fourth-order valence-corrected chi connectivity index (χ4v) is 2.66. The molecule has 0 saturated heterocycles. The van der Waals surface area contributed by atoms with Crippen molar-refractivity contribution in [1.82, 2.24) is 29.5 Å². The molecule has 0 radical (unpaired) electrons. The number of carbonyl (C=O) groups is 1. The molecular weight excluding hydrogens is 332 g/mol. The summed E-state index contributed by atoms with van der Waals surface area (Å²) in [6, 6.07) is 15.0. The number of imidazole rings is 1. The highest BCUT2D eigenvalue weighted by atomic mass is 16.2. The minimum atomic E-state index is -0.347. The second-order valence-corrected chi connectivity index (χ2v) is 5.76. The van der Waals surface area contributed by atoms with E-state index in [-0.39, 0.29) is 24.7 Å². The van der Waals surface area contributed by atoms with Crippen LogP contribution in [0.15, 0.2) is 65.7 Å². The van der Waals surface area contributed by atoms with E-state index in [4.69, 9.17) is 0 Å². The van der Waals surface area contributed by atoms with Gasteiger partial charge in [-0.05, 0) is 17.7 Å². The highest BCUT2D eigenvalue weighted by Crippen LogP contribution is 2.15. The average molecular weight is 348 g/mol. The summed E-state index contributed by atoms with van der Waals surface area (Å²) in [5.41, 5.74) is 2.06. The Labute approximate surface area is 148 Å². The van der Waals surface area contributed by atoms with Gasteiger partial charge in [0.15, 0.2) is 5.65 Å². The number of H-pyrrole nitrogens is 1. The van der Waals surface area contributed by atoms with Gasteiger partial charge in [0.25, 0.3) is 0 Å². The average Bonchev–Trinajstić information content (AvgIpc) is 3.27. The van der Waals surface area contributed by atoms with Crippen LogP contribution in [0.5, 0.6) is 0 Å². The number of fused-ring (bicyclic) bond motifs is 1. The molecule has 2 N–H and O–H groups in total. The zero-order valence-electron chi connectivity index (χ0n) is 13.8. The van der Waals surface area contributed by atoms with Crippen molar-refractivity contribution in [2.75, 3.05) is 0 Å². The molecule has 0 aliphatic carbocycles. The number of hydrogen-bond donors (Lipinski definition) is 2. The second-order valence-electron chi connectivity index (χ2n) is 5.76. The molecule has 1 aromatic carbocycles. The summed E-state index contributed by atoms with van der Waals surface area (Å²) in [4.78, 5) is 31.7. The van der Waals surface area contributed by atoms with Crippen LogP contribution in [0.2, 0.25) is 0 Å². The van der Waals surface area contributed by atoms with E-state index in [9.17, 15) is 9.59 Å². The number of carbonyl (C=O) groups excluding carboxylic acids is 1. The summed E-state index contributed by atoms with van der Waals surface area (Å²) in [6.45, 7) is 0.0978. The number of hydrogen-bond acceptors (Lipinski definition) is 4. The van der Waals surface area contributed by atoms with Crippen LogP contribution < -0.4 is 11.0 Å². The number of nitrogens with one attached hydrogen (secondary N) is 2. The van der Waals surface area contributed by atoms with E-state index in [1.54, 1.807) is 30.6 Å². The Balaban J connectivity index is 1.40. The molecule has 0 spiro atoms. The molecule has 4 aromatic rings. The van der Waals surface area contributed by atoms with Crippen molar-refractivity contribution in [2.24, 2.45) is 0 Å². The van der Waals surface area contributed by atoms with Crippen LogP contribution in [0.25, 0.3) is 16.9 Å². The van der Waals surface area contributed by atoms with E-state index < -0.39 is 0 Å². The zero-order chi connectivity index (χ0) is 17.9. The standard InChI is InChI=1S/C18H16N6O2/c25-17(12-24-18(26)23-9-5-4-8-16(23)22-24)20-11-15-19-10-14(21-15)13-6-2-1-3-7-13/h1-10H,11-12H2,(H,19,21)(H,20,25). The van der Waals surface area contributed by atoms with Gasteiger partial charge in [0.05, 0.1) is 18.4 Å². The number of pyridine rings is 1. The van der Waals surface area contributed by atoms with Gasteiger partial charge in [0.2, 0.25) is 5.91 Å². The number of benzene rings is 1. The Morgan fingerprint density at radius 2 is 1.92 bits per heavy atom. The van der Waals surface area contributed by atoms with Gasteiger partial charge in [0, 0.05) is 6.20 Å². The number of rotatable bonds is 5. The topological polar surface area (TPSA) is 97.1 Å². The van der Waals surface area contributed by atoms with Crippen molar-refractivity contribution in [1.29, 1.82) is 0 Å². The van der Waals surface area contributed by atoms with Crippen LogP contribution >= 0.6 is 0 Å². The fraction of sp³-hybridized carbons (Fsp3) is 0.111. The van der Waals surface area contributed by atoms with Crippen molar-refractivity contribution in [3.8, 4) is 11.3 Å². The van der Waals surface area contributed by atoms with Gasteiger partial charge in [0.1, 0.15) is 12.4 Å². The molecule has 0 atom stereocenters. The summed E-state index contributed by atoms with van der Waals surface area (Å²) in [7, 11) is 0. The fourth-order valence-electron chi connectivity index (χ4n) is 2.66. The quantitative estimate of drug-likeness (QED) is 0.566. The maximum absolute atomic E-state index is 12.2. The highest BCUT2D eigenvalue weighted by molar-refractivity contribution is 5.75. The predicted octanol–water partition coefficient (Wildman–Crippen LogP) is 1.20. The molecule has 26 heavy (non-hydrogen) atoms. The summed E-state index contributed by atoms with van der Waals surface area (Å²) < 4.78 is 2.54. The molecule has 4 rings (SSSR count). The van der Waals surface area contributed by atoms with E-state index in [0.29, 0.717) is 11.5 Å². The first kappa shape index (κ1) is 15.8. The molecule has 1 amide bonds. The molecule has 0 unspecified atom stereocenters. The Morgan fingerprint density at radius 1 is 1.12 bits per heavy atom.